The molecule has 0 spiro atoms. The van der Waals surface area contributed by atoms with Crippen LogP contribution in [-0.2, 0) is 0 Å². The maximum Gasteiger partial charge on any atom is 0.296 e. The van der Waals surface area contributed by atoms with Gasteiger partial charge in [0, 0.05) is 0 Å². The topological polar surface area (TPSA) is 94.6 Å². The van der Waals surface area contributed by atoms with Gasteiger partial charge in [0.1, 0.15) is 11.4 Å². The molecule has 110 valence electrons. The molecule has 21 heavy (non-hydrogen) atoms. The van der Waals surface area contributed by atoms with Gasteiger partial charge in [0.2, 0.25) is 5.22 Å². The van der Waals surface area contributed by atoms with E-state index in [4.69, 9.17) is 20.8 Å². The van der Waals surface area contributed by atoms with E-state index in [9.17, 15) is 14.9 Å². The van der Waals surface area contributed by atoms with Gasteiger partial charge >= 0.3 is 0 Å². The molecule has 0 bridgehead atoms. The normalized spacial score (nSPS) is 10.2. The zero-order valence-electron chi connectivity index (χ0n) is 11.0. The van der Waals surface area contributed by atoms with Gasteiger partial charge in [-0.25, -0.2) is 0 Å². The molecule has 2 aromatic rings. The Morgan fingerprint density at radius 1 is 1.48 bits per heavy atom. The standard InChI is InChI=1S/C13H11ClN2O5/c1-2-20-8-3-4-10(11(7-8)16(18)19)15-13(17)9-5-6-21-12(9)14/h3-7H,2H2,1H3,(H,15,17). The first kappa shape index (κ1) is 14.9. The predicted molar refractivity (Wildman–Crippen MR) is 75.9 cm³/mol. The number of benzene rings is 1. The number of carbonyl (C=O) groups excluding carboxylic acids is 1. The molecule has 8 heteroatoms. The van der Waals surface area contributed by atoms with Gasteiger partial charge in [-0.2, -0.15) is 0 Å². The fourth-order valence-electron chi connectivity index (χ4n) is 1.67. The van der Waals surface area contributed by atoms with E-state index < -0.39 is 10.8 Å². The Morgan fingerprint density at radius 2 is 2.24 bits per heavy atom. The van der Waals surface area contributed by atoms with Crippen molar-refractivity contribution >= 4 is 28.9 Å². The monoisotopic (exact) mass is 310 g/mol. The van der Waals surface area contributed by atoms with Gasteiger partial charge in [-0.1, -0.05) is 0 Å². The van der Waals surface area contributed by atoms with Crippen LogP contribution in [0.25, 0.3) is 0 Å². The van der Waals surface area contributed by atoms with E-state index in [1.54, 1.807) is 6.92 Å². The molecule has 0 aliphatic rings. The van der Waals surface area contributed by atoms with Crippen molar-refractivity contribution in [3.8, 4) is 5.75 Å². The lowest BCUT2D eigenvalue weighted by atomic mass is 10.2. The van der Waals surface area contributed by atoms with Crippen LogP contribution < -0.4 is 10.1 Å². The first-order valence-corrected chi connectivity index (χ1v) is 6.36. The Kier molecular flexibility index (Phi) is 4.44. The van der Waals surface area contributed by atoms with Crippen LogP contribution in [0.2, 0.25) is 5.22 Å². The van der Waals surface area contributed by atoms with E-state index in [1.807, 2.05) is 0 Å². The lowest BCUT2D eigenvalue weighted by Crippen LogP contribution is -2.12. The average molecular weight is 311 g/mol. The number of furan rings is 1. The van der Waals surface area contributed by atoms with Gasteiger partial charge < -0.3 is 14.5 Å². The number of nitrogens with one attached hydrogen (secondary N) is 1. The molecule has 1 aromatic carbocycles. The Labute approximate surface area is 124 Å². The van der Waals surface area contributed by atoms with Crippen molar-refractivity contribution in [1.29, 1.82) is 0 Å². The molecule has 0 unspecified atom stereocenters. The van der Waals surface area contributed by atoms with Gasteiger partial charge in [-0.15, -0.1) is 0 Å². The van der Waals surface area contributed by atoms with Gasteiger partial charge in [0.15, 0.2) is 0 Å². The van der Waals surface area contributed by atoms with Crippen molar-refractivity contribution < 1.29 is 18.9 Å². The van der Waals surface area contributed by atoms with Crippen LogP contribution in [-0.4, -0.2) is 17.4 Å². The van der Waals surface area contributed by atoms with Crippen LogP contribution in [0.5, 0.6) is 5.75 Å². The quantitative estimate of drug-likeness (QED) is 0.673. The predicted octanol–water partition coefficient (Wildman–Crippen LogP) is 3.49. The van der Waals surface area contributed by atoms with Crippen LogP contribution in [0.1, 0.15) is 17.3 Å². The SMILES string of the molecule is CCOc1ccc(NC(=O)c2ccoc2Cl)c([N+](=O)[O-])c1. The summed E-state index contributed by atoms with van der Waals surface area (Å²) in [4.78, 5) is 22.4. The fourth-order valence-corrected chi connectivity index (χ4v) is 1.87. The van der Waals surface area contributed by atoms with E-state index in [0.717, 1.165) is 0 Å². The van der Waals surface area contributed by atoms with Gasteiger partial charge in [-0.3, -0.25) is 14.9 Å². The summed E-state index contributed by atoms with van der Waals surface area (Å²) in [5.41, 5.74) is -0.125. The fraction of sp³-hybridized carbons (Fsp3) is 0.154. The van der Waals surface area contributed by atoms with Gasteiger partial charge in [0.05, 0.1) is 29.4 Å². The number of anilines is 1. The molecule has 0 fully saturated rings. The first-order valence-electron chi connectivity index (χ1n) is 5.98. The molecule has 2 rings (SSSR count). The Morgan fingerprint density at radius 3 is 2.81 bits per heavy atom. The number of nitrogens with zero attached hydrogens (tertiary/aromatic N) is 1. The molecular weight excluding hydrogens is 300 g/mol. The third kappa shape index (κ3) is 3.32. The van der Waals surface area contributed by atoms with E-state index >= 15 is 0 Å². The number of hydrogen-bond acceptors (Lipinski definition) is 5. The molecular formula is C13H11ClN2O5. The number of amides is 1. The molecule has 1 amide bonds. The van der Waals surface area contributed by atoms with Crippen LogP contribution >= 0.6 is 11.6 Å². The third-order valence-corrected chi connectivity index (χ3v) is 2.88. The van der Waals surface area contributed by atoms with Crippen molar-refractivity contribution in [2.24, 2.45) is 0 Å². The van der Waals surface area contributed by atoms with E-state index in [1.165, 1.54) is 30.5 Å². The highest BCUT2D eigenvalue weighted by atomic mass is 35.5. The van der Waals surface area contributed by atoms with Crippen LogP contribution in [0.15, 0.2) is 34.9 Å². The summed E-state index contributed by atoms with van der Waals surface area (Å²) >= 11 is 5.69. The zero-order chi connectivity index (χ0) is 15.4. The van der Waals surface area contributed by atoms with Gasteiger partial charge in [-0.05, 0) is 36.7 Å². The number of nitro groups is 1. The largest absolute Gasteiger partial charge is 0.494 e. The summed E-state index contributed by atoms with van der Waals surface area (Å²) < 4.78 is 10.00. The summed E-state index contributed by atoms with van der Waals surface area (Å²) in [6.45, 7) is 2.15. The summed E-state index contributed by atoms with van der Waals surface area (Å²) in [6, 6.07) is 5.55. The second kappa shape index (κ2) is 6.27. The zero-order valence-corrected chi connectivity index (χ0v) is 11.7. The molecule has 1 aromatic heterocycles. The molecule has 0 saturated carbocycles. The van der Waals surface area contributed by atoms with Crippen LogP contribution in [0, 0.1) is 10.1 Å². The highest BCUT2D eigenvalue weighted by Crippen LogP contribution is 2.30. The molecule has 1 heterocycles. The number of ether oxygens (including phenoxy) is 1. The van der Waals surface area contributed by atoms with Crippen molar-refractivity contribution in [1.82, 2.24) is 0 Å². The molecule has 0 aliphatic heterocycles. The molecule has 0 atom stereocenters. The summed E-state index contributed by atoms with van der Waals surface area (Å²) in [6.07, 6.45) is 1.25. The first-order chi connectivity index (χ1) is 10.0. The van der Waals surface area contributed by atoms with Gasteiger partial charge in [0.25, 0.3) is 11.6 Å². The second-order valence-corrected chi connectivity index (χ2v) is 4.27. The van der Waals surface area contributed by atoms with Crippen LogP contribution in [0.3, 0.4) is 0 Å². The lowest BCUT2D eigenvalue weighted by Gasteiger charge is -2.07. The minimum absolute atomic E-state index is 0.0470. The molecule has 0 aliphatic carbocycles. The smallest absolute Gasteiger partial charge is 0.296 e. The minimum Gasteiger partial charge on any atom is -0.494 e. The average Bonchev–Trinajstić information content (AvgIpc) is 2.87. The third-order valence-electron chi connectivity index (χ3n) is 2.59. The van der Waals surface area contributed by atoms with E-state index in [-0.39, 0.29) is 22.2 Å². The molecule has 7 nitrogen and oxygen atoms in total. The maximum absolute atomic E-state index is 12.0. The van der Waals surface area contributed by atoms with Crippen molar-refractivity contribution in [2.45, 2.75) is 6.92 Å². The second-order valence-electron chi connectivity index (χ2n) is 3.93. The van der Waals surface area contributed by atoms with Crippen molar-refractivity contribution in [2.75, 3.05) is 11.9 Å². The number of rotatable bonds is 5. The summed E-state index contributed by atoms with van der Waals surface area (Å²) in [5, 5.41) is 13.4. The number of nitro benzene ring substituents is 1. The summed E-state index contributed by atoms with van der Waals surface area (Å²) in [5.74, 6) is -0.246. The number of hydrogen-bond donors (Lipinski definition) is 1. The Balaban J connectivity index is 2.29. The summed E-state index contributed by atoms with van der Waals surface area (Å²) in [7, 11) is 0. The highest BCUT2D eigenvalue weighted by Gasteiger charge is 2.20. The number of carbonyl (C=O) groups is 1. The Hall–Kier alpha value is -2.54. The van der Waals surface area contributed by atoms with Crippen molar-refractivity contribution in [3.05, 3.63) is 51.4 Å². The maximum atomic E-state index is 12.0. The molecule has 0 saturated heterocycles. The minimum atomic E-state index is -0.602. The Bertz CT molecular complexity index is 683. The lowest BCUT2D eigenvalue weighted by molar-refractivity contribution is -0.384. The van der Waals surface area contributed by atoms with Crippen LogP contribution in [0.4, 0.5) is 11.4 Å². The van der Waals surface area contributed by atoms with E-state index in [2.05, 4.69) is 5.32 Å². The highest BCUT2D eigenvalue weighted by molar-refractivity contribution is 6.32. The molecule has 0 radical (unpaired) electrons. The molecule has 1 N–H and O–H groups in total. The number of halogens is 1. The van der Waals surface area contributed by atoms with Crippen molar-refractivity contribution in [3.63, 3.8) is 0 Å². The van der Waals surface area contributed by atoms with E-state index in [0.29, 0.717) is 12.4 Å².